The number of nitrogens with one attached hydrogen (secondary N) is 3. The van der Waals surface area contributed by atoms with Crippen LogP contribution in [0.2, 0.25) is 0 Å². The molecule has 0 unspecified atom stereocenters. The van der Waals surface area contributed by atoms with Crippen molar-refractivity contribution in [3.8, 4) is 0 Å². The highest BCUT2D eigenvalue weighted by molar-refractivity contribution is 14.0. The van der Waals surface area contributed by atoms with Crippen LogP contribution < -0.4 is 16.0 Å². The van der Waals surface area contributed by atoms with Crippen LogP contribution in [0.15, 0.2) is 29.3 Å². The average Bonchev–Trinajstić information content (AvgIpc) is 2.56. The van der Waals surface area contributed by atoms with Gasteiger partial charge in [-0.1, -0.05) is 50.1 Å². The van der Waals surface area contributed by atoms with E-state index in [2.05, 4.69) is 59.1 Å². The summed E-state index contributed by atoms with van der Waals surface area (Å²) in [5, 5.41) is 9.22. The number of carbonyl (C=O) groups excluding carboxylic acids is 1. The van der Waals surface area contributed by atoms with Gasteiger partial charge in [-0.2, -0.15) is 0 Å². The van der Waals surface area contributed by atoms with Gasteiger partial charge in [-0.25, -0.2) is 4.99 Å². The Morgan fingerprint density at radius 1 is 1.00 bits per heavy atom. The van der Waals surface area contributed by atoms with Gasteiger partial charge in [-0.15, -0.1) is 24.0 Å². The van der Waals surface area contributed by atoms with Gasteiger partial charge in [0.05, 0.1) is 13.1 Å². The maximum Gasteiger partial charge on any atom is 0.239 e. The number of halogens is 1. The first kappa shape index (κ1) is 22.7. The molecule has 24 heavy (non-hydrogen) atoms. The summed E-state index contributed by atoms with van der Waals surface area (Å²) in [5.41, 5.74) is 2.40. The molecule has 1 aromatic carbocycles. The van der Waals surface area contributed by atoms with Crippen LogP contribution in [-0.4, -0.2) is 31.5 Å². The standard InChI is InChI=1S/C18H30N4O.HI/c1-4-6-12-20-18(22-14-17(23)19-11-5-2)21-13-16-9-7-15(3)8-10-16;/h7-10H,4-6,11-14H2,1-3H3,(H,19,23)(H2,20,21,22);1H. The fraction of sp³-hybridized carbons (Fsp3) is 0.556. The molecule has 1 aromatic rings. The van der Waals surface area contributed by atoms with Crippen molar-refractivity contribution in [3.05, 3.63) is 35.4 Å². The van der Waals surface area contributed by atoms with E-state index in [1.165, 1.54) is 5.56 Å². The lowest BCUT2D eigenvalue weighted by molar-refractivity contribution is -0.120. The Labute approximate surface area is 163 Å². The molecular formula is C18H31IN4O. The minimum atomic E-state index is -0.00724. The van der Waals surface area contributed by atoms with E-state index in [0.29, 0.717) is 19.0 Å². The van der Waals surface area contributed by atoms with Crippen LogP contribution in [0.4, 0.5) is 0 Å². The summed E-state index contributed by atoms with van der Waals surface area (Å²) in [6.07, 6.45) is 3.14. The number of amides is 1. The molecule has 136 valence electrons. The topological polar surface area (TPSA) is 65.5 Å². The molecule has 6 heteroatoms. The zero-order chi connectivity index (χ0) is 16.9. The van der Waals surface area contributed by atoms with Gasteiger partial charge in [0.15, 0.2) is 5.96 Å². The summed E-state index contributed by atoms with van der Waals surface area (Å²) in [5.74, 6) is 0.679. The molecule has 0 heterocycles. The molecule has 0 aliphatic rings. The number of hydrogen-bond donors (Lipinski definition) is 3. The molecule has 0 aliphatic heterocycles. The largest absolute Gasteiger partial charge is 0.356 e. The molecular weight excluding hydrogens is 415 g/mol. The average molecular weight is 446 g/mol. The number of aryl methyl sites for hydroxylation is 1. The zero-order valence-corrected chi connectivity index (χ0v) is 17.4. The highest BCUT2D eigenvalue weighted by atomic mass is 127. The van der Waals surface area contributed by atoms with E-state index in [1.807, 2.05) is 6.92 Å². The third-order valence-electron chi connectivity index (χ3n) is 3.35. The van der Waals surface area contributed by atoms with Crippen molar-refractivity contribution in [2.45, 2.75) is 46.6 Å². The van der Waals surface area contributed by atoms with E-state index in [0.717, 1.165) is 31.4 Å². The Balaban J connectivity index is 0.00000529. The third kappa shape index (κ3) is 10.5. The van der Waals surface area contributed by atoms with Crippen molar-refractivity contribution in [2.24, 2.45) is 4.99 Å². The number of unbranched alkanes of at least 4 members (excludes halogenated alkanes) is 1. The number of hydrogen-bond acceptors (Lipinski definition) is 2. The van der Waals surface area contributed by atoms with Gasteiger partial charge in [0.2, 0.25) is 5.91 Å². The van der Waals surface area contributed by atoms with E-state index in [1.54, 1.807) is 0 Å². The van der Waals surface area contributed by atoms with Gasteiger partial charge in [-0.05, 0) is 25.3 Å². The van der Waals surface area contributed by atoms with Crippen LogP contribution in [0.25, 0.3) is 0 Å². The Bertz CT molecular complexity index is 488. The monoisotopic (exact) mass is 446 g/mol. The number of benzene rings is 1. The lowest BCUT2D eigenvalue weighted by Gasteiger charge is -2.12. The minimum absolute atomic E-state index is 0. The molecule has 0 aromatic heterocycles. The maximum absolute atomic E-state index is 11.7. The highest BCUT2D eigenvalue weighted by Gasteiger charge is 2.03. The lowest BCUT2D eigenvalue weighted by atomic mass is 10.1. The summed E-state index contributed by atoms with van der Waals surface area (Å²) in [7, 11) is 0. The van der Waals surface area contributed by atoms with Gasteiger partial charge < -0.3 is 16.0 Å². The third-order valence-corrected chi connectivity index (χ3v) is 3.35. The summed E-state index contributed by atoms with van der Waals surface area (Å²) >= 11 is 0. The first-order chi connectivity index (χ1) is 11.2. The van der Waals surface area contributed by atoms with Crippen molar-refractivity contribution in [1.29, 1.82) is 0 Å². The number of guanidine groups is 1. The molecule has 1 amide bonds. The Kier molecular flexibility index (Phi) is 13.3. The van der Waals surface area contributed by atoms with Crippen LogP contribution in [-0.2, 0) is 11.3 Å². The van der Waals surface area contributed by atoms with Gasteiger partial charge in [0, 0.05) is 13.1 Å². The lowest BCUT2D eigenvalue weighted by Crippen LogP contribution is -2.43. The molecule has 5 nitrogen and oxygen atoms in total. The van der Waals surface area contributed by atoms with Crippen molar-refractivity contribution in [1.82, 2.24) is 16.0 Å². The Morgan fingerprint density at radius 3 is 2.33 bits per heavy atom. The van der Waals surface area contributed by atoms with E-state index >= 15 is 0 Å². The molecule has 0 spiro atoms. The van der Waals surface area contributed by atoms with E-state index in [4.69, 9.17) is 0 Å². The van der Waals surface area contributed by atoms with Gasteiger partial charge in [0.25, 0.3) is 0 Å². The second kappa shape index (κ2) is 14.1. The van der Waals surface area contributed by atoms with Crippen molar-refractivity contribution in [2.75, 3.05) is 19.6 Å². The fourth-order valence-electron chi connectivity index (χ4n) is 1.91. The number of aliphatic imine (C=N–C) groups is 1. The normalized spacial score (nSPS) is 10.7. The summed E-state index contributed by atoms with van der Waals surface area (Å²) in [6, 6.07) is 8.33. The van der Waals surface area contributed by atoms with Gasteiger partial charge in [-0.3, -0.25) is 4.79 Å². The van der Waals surface area contributed by atoms with Crippen molar-refractivity contribution >= 4 is 35.8 Å². The summed E-state index contributed by atoms with van der Waals surface area (Å²) in [6.45, 7) is 8.66. The zero-order valence-electron chi connectivity index (χ0n) is 15.0. The first-order valence-electron chi connectivity index (χ1n) is 8.50. The molecule has 0 atom stereocenters. The van der Waals surface area contributed by atoms with Crippen LogP contribution in [0.1, 0.15) is 44.2 Å². The van der Waals surface area contributed by atoms with E-state index in [-0.39, 0.29) is 36.4 Å². The molecule has 0 bridgehead atoms. The van der Waals surface area contributed by atoms with Gasteiger partial charge in [0.1, 0.15) is 0 Å². The summed E-state index contributed by atoms with van der Waals surface area (Å²) < 4.78 is 0. The smallest absolute Gasteiger partial charge is 0.239 e. The molecule has 0 saturated carbocycles. The summed E-state index contributed by atoms with van der Waals surface area (Å²) in [4.78, 5) is 16.3. The van der Waals surface area contributed by atoms with Crippen molar-refractivity contribution < 1.29 is 4.79 Å². The highest BCUT2D eigenvalue weighted by Crippen LogP contribution is 2.04. The maximum atomic E-state index is 11.7. The van der Waals surface area contributed by atoms with E-state index < -0.39 is 0 Å². The predicted molar refractivity (Wildman–Crippen MR) is 112 cm³/mol. The molecule has 0 radical (unpaired) electrons. The quantitative estimate of drug-likeness (QED) is 0.237. The SMILES string of the molecule is CCCCNC(=NCc1ccc(C)cc1)NCC(=O)NCCC.I. The molecule has 0 saturated heterocycles. The first-order valence-corrected chi connectivity index (χ1v) is 8.50. The predicted octanol–water partition coefficient (Wildman–Crippen LogP) is 2.97. The fourth-order valence-corrected chi connectivity index (χ4v) is 1.91. The molecule has 1 rings (SSSR count). The molecule has 0 aliphatic carbocycles. The Hall–Kier alpha value is -1.31. The second-order valence-electron chi connectivity index (χ2n) is 5.63. The van der Waals surface area contributed by atoms with E-state index in [9.17, 15) is 4.79 Å². The van der Waals surface area contributed by atoms with Crippen molar-refractivity contribution in [3.63, 3.8) is 0 Å². The van der Waals surface area contributed by atoms with Crippen LogP contribution >= 0.6 is 24.0 Å². The number of nitrogens with zero attached hydrogens (tertiary/aromatic N) is 1. The molecule has 0 fully saturated rings. The van der Waals surface area contributed by atoms with Crippen LogP contribution in [0.3, 0.4) is 0 Å². The van der Waals surface area contributed by atoms with Crippen LogP contribution in [0.5, 0.6) is 0 Å². The minimum Gasteiger partial charge on any atom is -0.356 e. The Morgan fingerprint density at radius 2 is 1.71 bits per heavy atom. The van der Waals surface area contributed by atoms with Crippen LogP contribution in [0, 0.1) is 6.92 Å². The van der Waals surface area contributed by atoms with Gasteiger partial charge >= 0.3 is 0 Å². The molecule has 3 N–H and O–H groups in total. The number of carbonyl (C=O) groups is 1. The second-order valence-corrected chi connectivity index (χ2v) is 5.63. The number of rotatable bonds is 9.